The van der Waals surface area contributed by atoms with Crippen LogP contribution in [-0.2, 0) is 9.53 Å². The number of nitrogen functional groups attached to an aromatic ring is 1. The Labute approximate surface area is 224 Å². The summed E-state index contributed by atoms with van der Waals surface area (Å²) in [4.78, 5) is 22.3. The summed E-state index contributed by atoms with van der Waals surface area (Å²) in [5.74, 6) is 1.66. The molecule has 0 aliphatic heterocycles. The number of furan rings is 1. The Balaban J connectivity index is 1.26. The molecule has 0 aliphatic rings. The van der Waals surface area contributed by atoms with Gasteiger partial charge in [-0.1, -0.05) is 13.3 Å². The standard InChI is InChI=1S/C26H31N9O4/c1-3-5-20(25(36)29-12-11-28-17-7-9-18(10-8-17)38-15-14-37-2)34-24-19(16-30-34)23-31-22(21-6-4-13-39-21)33-35(23)26(27)32-24/h4,6-10,13,16,20,28H,3,5,11-12,14-15H2,1-2H3,(H2,27,32)(H,29,36)/t20-/m1/s1. The number of amides is 1. The van der Waals surface area contributed by atoms with Crippen molar-refractivity contribution in [3.8, 4) is 17.3 Å². The summed E-state index contributed by atoms with van der Waals surface area (Å²) >= 11 is 0. The molecule has 39 heavy (non-hydrogen) atoms. The molecule has 0 saturated carbocycles. The number of aromatic nitrogens is 6. The summed E-state index contributed by atoms with van der Waals surface area (Å²) in [5.41, 5.74) is 8.11. The van der Waals surface area contributed by atoms with E-state index < -0.39 is 6.04 Å². The van der Waals surface area contributed by atoms with Crippen LogP contribution >= 0.6 is 0 Å². The van der Waals surface area contributed by atoms with Crippen LogP contribution in [0.5, 0.6) is 5.75 Å². The molecule has 5 rings (SSSR count). The molecule has 1 aromatic carbocycles. The fraction of sp³-hybridized carbons (Fsp3) is 0.346. The highest BCUT2D eigenvalue weighted by Crippen LogP contribution is 2.26. The quantitative estimate of drug-likeness (QED) is 0.192. The second-order valence-electron chi connectivity index (χ2n) is 8.83. The van der Waals surface area contributed by atoms with Gasteiger partial charge in [-0.25, -0.2) is 9.67 Å². The lowest BCUT2D eigenvalue weighted by Crippen LogP contribution is -2.36. The molecule has 13 heteroatoms. The number of ether oxygens (including phenoxy) is 2. The minimum atomic E-state index is -0.558. The van der Waals surface area contributed by atoms with Gasteiger partial charge in [0.1, 0.15) is 18.4 Å². The van der Waals surface area contributed by atoms with Gasteiger partial charge in [0.2, 0.25) is 17.7 Å². The summed E-state index contributed by atoms with van der Waals surface area (Å²) in [5, 5.41) is 15.9. The summed E-state index contributed by atoms with van der Waals surface area (Å²) < 4.78 is 19.0. The molecule has 0 spiro atoms. The van der Waals surface area contributed by atoms with Gasteiger partial charge in [-0.15, -0.1) is 5.10 Å². The molecule has 0 unspecified atom stereocenters. The molecule has 0 saturated heterocycles. The first-order valence-corrected chi connectivity index (χ1v) is 12.8. The van der Waals surface area contributed by atoms with Crippen LogP contribution in [0.3, 0.4) is 0 Å². The Morgan fingerprint density at radius 2 is 1.97 bits per heavy atom. The summed E-state index contributed by atoms with van der Waals surface area (Å²) in [6.07, 6.45) is 4.55. The second-order valence-corrected chi connectivity index (χ2v) is 8.83. The Kier molecular flexibility index (Phi) is 7.87. The van der Waals surface area contributed by atoms with Crippen molar-refractivity contribution >= 4 is 34.2 Å². The number of anilines is 2. The Morgan fingerprint density at radius 3 is 2.72 bits per heavy atom. The number of nitrogens with one attached hydrogen (secondary N) is 2. The van der Waals surface area contributed by atoms with Crippen molar-refractivity contribution in [3.05, 3.63) is 48.9 Å². The maximum atomic E-state index is 13.2. The summed E-state index contributed by atoms with van der Waals surface area (Å²) in [6, 6.07) is 10.6. The average molecular weight is 534 g/mol. The van der Waals surface area contributed by atoms with Crippen LogP contribution in [0.25, 0.3) is 28.3 Å². The Bertz CT molecular complexity index is 1530. The molecule has 1 amide bonds. The maximum Gasteiger partial charge on any atom is 0.245 e. The van der Waals surface area contributed by atoms with Crippen LogP contribution in [0.2, 0.25) is 0 Å². The average Bonchev–Trinajstić information content (AvgIpc) is 3.70. The number of methoxy groups -OCH3 is 1. The van der Waals surface area contributed by atoms with Gasteiger partial charge >= 0.3 is 0 Å². The largest absolute Gasteiger partial charge is 0.491 e. The highest BCUT2D eigenvalue weighted by molar-refractivity contribution is 5.92. The van der Waals surface area contributed by atoms with Gasteiger partial charge in [-0.05, 0) is 42.8 Å². The highest BCUT2D eigenvalue weighted by atomic mass is 16.5. The van der Waals surface area contributed by atoms with Crippen molar-refractivity contribution in [1.29, 1.82) is 0 Å². The molecule has 4 aromatic heterocycles. The molecule has 4 heterocycles. The number of nitrogens with zero attached hydrogens (tertiary/aromatic N) is 6. The third-order valence-corrected chi connectivity index (χ3v) is 6.12. The number of hydrogen-bond donors (Lipinski definition) is 3. The van der Waals surface area contributed by atoms with E-state index in [0.717, 1.165) is 17.9 Å². The SMILES string of the molecule is CCC[C@H](C(=O)NCCNc1ccc(OCCOC)cc1)n1ncc2c1nc(N)n1nc(-c3ccco3)nc21. The van der Waals surface area contributed by atoms with Gasteiger partial charge < -0.3 is 30.3 Å². The lowest BCUT2D eigenvalue weighted by atomic mass is 10.1. The van der Waals surface area contributed by atoms with Gasteiger partial charge in [-0.3, -0.25) is 4.79 Å². The molecule has 4 N–H and O–H groups in total. The number of fused-ring (bicyclic) bond motifs is 3. The first-order chi connectivity index (χ1) is 19.1. The van der Waals surface area contributed by atoms with Crippen LogP contribution in [0.4, 0.5) is 11.6 Å². The molecule has 0 radical (unpaired) electrons. The number of carbonyl (C=O) groups excluding carboxylic acids is 1. The number of rotatable bonds is 13. The third kappa shape index (κ3) is 5.62. The van der Waals surface area contributed by atoms with Crippen LogP contribution in [-0.4, -0.2) is 68.7 Å². The minimum absolute atomic E-state index is 0.138. The topological polar surface area (TPSA) is 160 Å². The van der Waals surface area contributed by atoms with Crippen LogP contribution in [0.15, 0.2) is 53.3 Å². The van der Waals surface area contributed by atoms with E-state index in [1.54, 1.807) is 36.4 Å². The van der Waals surface area contributed by atoms with E-state index in [9.17, 15) is 4.79 Å². The molecule has 13 nitrogen and oxygen atoms in total. The number of nitrogens with two attached hydrogens (primary N) is 1. The monoisotopic (exact) mass is 533 g/mol. The van der Waals surface area contributed by atoms with Crippen molar-refractivity contribution in [2.75, 3.05) is 44.5 Å². The molecule has 1 atom stereocenters. The van der Waals surface area contributed by atoms with Gasteiger partial charge in [0.15, 0.2) is 17.1 Å². The zero-order valence-corrected chi connectivity index (χ0v) is 21.8. The molecule has 204 valence electrons. The number of hydrogen-bond acceptors (Lipinski definition) is 10. The molecule has 0 bridgehead atoms. The molecular formula is C26H31N9O4. The van der Waals surface area contributed by atoms with Gasteiger partial charge in [-0.2, -0.15) is 14.6 Å². The van der Waals surface area contributed by atoms with Crippen molar-refractivity contribution in [3.63, 3.8) is 0 Å². The smallest absolute Gasteiger partial charge is 0.245 e. The molecular weight excluding hydrogens is 502 g/mol. The molecule has 5 aromatic rings. The summed E-state index contributed by atoms with van der Waals surface area (Å²) in [6.45, 7) is 4.03. The third-order valence-electron chi connectivity index (χ3n) is 6.12. The predicted molar refractivity (Wildman–Crippen MR) is 145 cm³/mol. The van der Waals surface area contributed by atoms with E-state index in [0.29, 0.717) is 61.0 Å². The maximum absolute atomic E-state index is 13.2. The van der Waals surface area contributed by atoms with E-state index in [1.807, 2.05) is 31.2 Å². The van der Waals surface area contributed by atoms with Crippen molar-refractivity contribution < 1.29 is 18.7 Å². The first-order valence-electron chi connectivity index (χ1n) is 12.8. The lowest BCUT2D eigenvalue weighted by molar-refractivity contribution is -0.124. The number of benzene rings is 1. The molecule has 0 aliphatic carbocycles. The van der Waals surface area contributed by atoms with Gasteiger partial charge in [0, 0.05) is 25.9 Å². The normalized spacial score (nSPS) is 12.2. The van der Waals surface area contributed by atoms with Crippen molar-refractivity contribution in [1.82, 2.24) is 34.7 Å². The van der Waals surface area contributed by atoms with Crippen molar-refractivity contribution in [2.24, 2.45) is 0 Å². The zero-order chi connectivity index (χ0) is 27.2. The van der Waals surface area contributed by atoms with E-state index in [-0.39, 0.29) is 11.9 Å². The van der Waals surface area contributed by atoms with Crippen LogP contribution in [0.1, 0.15) is 25.8 Å². The van der Waals surface area contributed by atoms with E-state index in [1.165, 1.54) is 4.52 Å². The lowest BCUT2D eigenvalue weighted by Gasteiger charge is -2.18. The van der Waals surface area contributed by atoms with E-state index in [2.05, 4.69) is 30.8 Å². The van der Waals surface area contributed by atoms with Gasteiger partial charge in [0.25, 0.3) is 0 Å². The van der Waals surface area contributed by atoms with Crippen LogP contribution < -0.4 is 21.1 Å². The second kappa shape index (κ2) is 11.8. The zero-order valence-electron chi connectivity index (χ0n) is 21.8. The van der Waals surface area contributed by atoms with E-state index in [4.69, 9.17) is 19.6 Å². The Morgan fingerprint density at radius 1 is 1.13 bits per heavy atom. The Hall–Kier alpha value is -4.65. The highest BCUT2D eigenvalue weighted by Gasteiger charge is 2.25. The predicted octanol–water partition coefficient (Wildman–Crippen LogP) is 2.91. The summed E-state index contributed by atoms with van der Waals surface area (Å²) in [7, 11) is 1.64. The molecule has 0 fully saturated rings. The first kappa shape index (κ1) is 26.0. The fourth-order valence-electron chi connectivity index (χ4n) is 4.23. The van der Waals surface area contributed by atoms with E-state index >= 15 is 0 Å². The van der Waals surface area contributed by atoms with Gasteiger partial charge in [0.05, 0.1) is 24.5 Å². The minimum Gasteiger partial charge on any atom is -0.491 e. The fourth-order valence-corrected chi connectivity index (χ4v) is 4.23. The van der Waals surface area contributed by atoms with Crippen molar-refractivity contribution in [2.45, 2.75) is 25.8 Å². The number of carbonyl (C=O) groups is 1. The van der Waals surface area contributed by atoms with Crippen LogP contribution in [0, 0.1) is 0 Å².